The first-order chi connectivity index (χ1) is 8.30. The zero-order chi connectivity index (χ0) is 13.6. The van der Waals surface area contributed by atoms with E-state index in [1.807, 2.05) is 0 Å². The zero-order valence-electron chi connectivity index (χ0n) is 11.0. The van der Waals surface area contributed by atoms with Gasteiger partial charge in [0, 0.05) is 11.0 Å². The predicted molar refractivity (Wildman–Crippen MR) is 70.2 cm³/mol. The summed E-state index contributed by atoms with van der Waals surface area (Å²) in [6.07, 6.45) is 5.03. The van der Waals surface area contributed by atoms with E-state index in [1.54, 1.807) is 0 Å². The molecule has 2 aliphatic rings. The highest BCUT2D eigenvalue weighted by Gasteiger charge is 2.54. The van der Waals surface area contributed by atoms with Crippen LogP contribution in [0, 0.1) is 11.3 Å². The van der Waals surface area contributed by atoms with Crippen LogP contribution >= 0.6 is 0 Å². The number of carbonyl (C=O) groups is 1. The van der Waals surface area contributed by atoms with Gasteiger partial charge in [-0.2, -0.15) is 0 Å². The second-order valence-electron chi connectivity index (χ2n) is 6.15. The Bertz CT molecular complexity index is 412. The Morgan fingerprint density at radius 2 is 2.11 bits per heavy atom. The molecule has 3 nitrogen and oxygen atoms in total. The van der Waals surface area contributed by atoms with E-state index in [2.05, 4.69) is 20.1 Å². The molecule has 0 aliphatic heterocycles. The van der Waals surface area contributed by atoms with Crippen molar-refractivity contribution in [2.45, 2.75) is 51.0 Å². The van der Waals surface area contributed by atoms with Crippen LogP contribution in [0.4, 0.5) is 0 Å². The highest BCUT2D eigenvalue weighted by Crippen LogP contribution is 2.56. The molecule has 2 N–H and O–H groups in total. The van der Waals surface area contributed by atoms with Gasteiger partial charge < -0.3 is 10.2 Å². The normalized spacial score (nSPS) is 40.1. The molecule has 1 unspecified atom stereocenters. The molecule has 2 fully saturated rings. The fraction of sp³-hybridized carbons (Fsp3) is 0.667. The van der Waals surface area contributed by atoms with Crippen LogP contribution in [-0.2, 0) is 4.79 Å². The summed E-state index contributed by atoms with van der Waals surface area (Å²) in [5, 5.41) is 20.0. The number of carboxylic acids is 1. The largest absolute Gasteiger partial charge is 0.478 e. The van der Waals surface area contributed by atoms with Crippen molar-refractivity contribution in [2.24, 2.45) is 11.3 Å². The molecule has 2 saturated carbocycles. The van der Waals surface area contributed by atoms with E-state index in [0.29, 0.717) is 6.42 Å². The standard InChI is InChI=1S/C15H22O3/c1-10-5-4-7-14(3)8-6-12(9-15(10,14)18)11(2)13(16)17/h12,18H,1-2,4-9H2,3H3,(H,16,17)/t12?,14-,15-/m1/s1. The highest BCUT2D eigenvalue weighted by molar-refractivity contribution is 5.86. The smallest absolute Gasteiger partial charge is 0.331 e. The second-order valence-corrected chi connectivity index (χ2v) is 6.15. The van der Waals surface area contributed by atoms with Crippen LogP contribution < -0.4 is 0 Å². The maximum atomic E-state index is 11.0. The third kappa shape index (κ3) is 1.81. The summed E-state index contributed by atoms with van der Waals surface area (Å²) >= 11 is 0. The molecule has 0 saturated heterocycles. The average Bonchev–Trinajstić information content (AvgIpc) is 2.30. The SMILES string of the molecule is C=C(C(=O)O)C1CC[C@@]2(C)CCCC(=C)[C@]2(O)C1. The quantitative estimate of drug-likeness (QED) is 0.585. The van der Waals surface area contributed by atoms with Gasteiger partial charge in [-0.1, -0.05) is 20.1 Å². The summed E-state index contributed by atoms with van der Waals surface area (Å²) in [6, 6.07) is 0. The van der Waals surface area contributed by atoms with Gasteiger partial charge in [0.2, 0.25) is 0 Å². The Morgan fingerprint density at radius 1 is 1.44 bits per heavy atom. The van der Waals surface area contributed by atoms with Gasteiger partial charge in [0.25, 0.3) is 0 Å². The Kier molecular flexibility index (Phi) is 3.14. The minimum Gasteiger partial charge on any atom is -0.478 e. The number of hydrogen-bond acceptors (Lipinski definition) is 2. The first-order valence-electron chi connectivity index (χ1n) is 6.63. The molecule has 0 amide bonds. The number of hydrogen-bond donors (Lipinski definition) is 2. The molecule has 3 heteroatoms. The minimum absolute atomic E-state index is 0.129. The summed E-state index contributed by atoms with van der Waals surface area (Å²) in [6.45, 7) is 9.79. The van der Waals surface area contributed by atoms with Gasteiger partial charge in [0.1, 0.15) is 0 Å². The molecule has 100 valence electrons. The molecule has 3 atom stereocenters. The van der Waals surface area contributed by atoms with E-state index in [9.17, 15) is 9.90 Å². The molecular weight excluding hydrogens is 228 g/mol. The van der Waals surface area contributed by atoms with Crippen LogP contribution in [0.3, 0.4) is 0 Å². The maximum Gasteiger partial charge on any atom is 0.331 e. The molecule has 2 aliphatic carbocycles. The van der Waals surface area contributed by atoms with Gasteiger partial charge in [-0.05, 0) is 50.0 Å². The third-order valence-electron chi connectivity index (χ3n) is 5.14. The van der Waals surface area contributed by atoms with Gasteiger partial charge in [0.05, 0.1) is 5.60 Å². The zero-order valence-corrected chi connectivity index (χ0v) is 11.0. The lowest BCUT2D eigenvalue weighted by Crippen LogP contribution is -2.54. The van der Waals surface area contributed by atoms with Crippen LogP contribution in [-0.4, -0.2) is 21.8 Å². The van der Waals surface area contributed by atoms with Crippen molar-refractivity contribution in [2.75, 3.05) is 0 Å². The summed E-state index contributed by atoms with van der Waals surface area (Å²) in [4.78, 5) is 11.0. The molecule has 0 aromatic heterocycles. The number of fused-ring (bicyclic) bond motifs is 1. The molecule has 0 radical (unpaired) electrons. The topological polar surface area (TPSA) is 57.5 Å². The average molecular weight is 250 g/mol. The van der Waals surface area contributed by atoms with Crippen molar-refractivity contribution in [1.29, 1.82) is 0 Å². The van der Waals surface area contributed by atoms with Crippen molar-refractivity contribution in [3.05, 3.63) is 24.3 Å². The minimum atomic E-state index is -0.950. The first kappa shape index (κ1) is 13.3. The molecular formula is C15H22O3. The van der Waals surface area contributed by atoms with Crippen LogP contribution in [0.25, 0.3) is 0 Å². The van der Waals surface area contributed by atoms with Gasteiger partial charge in [-0.15, -0.1) is 0 Å². The Hall–Kier alpha value is -1.09. The highest BCUT2D eigenvalue weighted by atomic mass is 16.4. The number of aliphatic carboxylic acids is 1. The third-order valence-corrected chi connectivity index (χ3v) is 5.14. The summed E-state index contributed by atoms with van der Waals surface area (Å²) in [7, 11) is 0. The van der Waals surface area contributed by atoms with Gasteiger partial charge >= 0.3 is 5.97 Å². The Labute approximate surface area is 108 Å². The van der Waals surface area contributed by atoms with E-state index >= 15 is 0 Å². The molecule has 0 aromatic rings. The van der Waals surface area contributed by atoms with Crippen LogP contribution in [0.5, 0.6) is 0 Å². The fourth-order valence-electron chi connectivity index (χ4n) is 3.68. The van der Waals surface area contributed by atoms with E-state index in [1.165, 1.54) is 0 Å². The summed E-state index contributed by atoms with van der Waals surface area (Å²) < 4.78 is 0. The van der Waals surface area contributed by atoms with E-state index in [4.69, 9.17) is 5.11 Å². The van der Waals surface area contributed by atoms with Crippen molar-refractivity contribution in [3.8, 4) is 0 Å². The predicted octanol–water partition coefficient (Wildman–Crippen LogP) is 2.90. The molecule has 0 spiro atoms. The molecule has 0 aromatic carbocycles. The van der Waals surface area contributed by atoms with Gasteiger partial charge in [-0.3, -0.25) is 0 Å². The van der Waals surface area contributed by atoms with Crippen molar-refractivity contribution in [3.63, 3.8) is 0 Å². The molecule has 0 heterocycles. The lowest BCUT2D eigenvalue weighted by atomic mass is 9.53. The second kappa shape index (κ2) is 4.23. The van der Waals surface area contributed by atoms with Crippen LogP contribution in [0.1, 0.15) is 45.4 Å². The van der Waals surface area contributed by atoms with Gasteiger partial charge in [-0.25, -0.2) is 4.79 Å². The lowest BCUT2D eigenvalue weighted by molar-refractivity contribution is -0.135. The molecule has 0 bridgehead atoms. The van der Waals surface area contributed by atoms with Crippen LogP contribution in [0.2, 0.25) is 0 Å². The number of aliphatic hydroxyl groups is 1. The van der Waals surface area contributed by atoms with E-state index in [0.717, 1.165) is 37.7 Å². The Morgan fingerprint density at radius 3 is 2.72 bits per heavy atom. The number of carboxylic acid groups (broad SMARTS) is 1. The van der Waals surface area contributed by atoms with Crippen molar-refractivity contribution < 1.29 is 15.0 Å². The fourth-order valence-corrected chi connectivity index (χ4v) is 3.68. The molecule has 18 heavy (non-hydrogen) atoms. The summed E-state index contributed by atoms with van der Waals surface area (Å²) in [5.74, 6) is -1.08. The summed E-state index contributed by atoms with van der Waals surface area (Å²) in [5.41, 5.74) is 0.0486. The van der Waals surface area contributed by atoms with Crippen molar-refractivity contribution in [1.82, 2.24) is 0 Å². The first-order valence-corrected chi connectivity index (χ1v) is 6.63. The lowest BCUT2D eigenvalue weighted by Gasteiger charge is -2.55. The van der Waals surface area contributed by atoms with Crippen LogP contribution in [0.15, 0.2) is 24.3 Å². The maximum absolute atomic E-state index is 11.0. The molecule has 2 rings (SSSR count). The van der Waals surface area contributed by atoms with E-state index < -0.39 is 11.6 Å². The van der Waals surface area contributed by atoms with E-state index in [-0.39, 0.29) is 16.9 Å². The number of rotatable bonds is 2. The van der Waals surface area contributed by atoms with Crippen molar-refractivity contribution >= 4 is 5.97 Å². The Balaban J connectivity index is 2.26. The van der Waals surface area contributed by atoms with Gasteiger partial charge in [0.15, 0.2) is 0 Å². The monoisotopic (exact) mass is 250 g/mol.